The van der Waals surface area contributed by atoms with Gasteiger partial charge >= 0.3 is 0 Å². The third-order valence-electron chi connectivity index (χ3n) is 3.06. The summed E-state index contributed by atoms with van der Waals surface area (Å²) in [4.78, 5) is 4.27. The lowest BCUT2D eigenvalue weighted by atomic mass is 10.1. The SMILES string of the molecule is CCn1ncnc1CC1=CC(O)CCCC1. The first-order valence-electron chi connectivity index (χ1n) is 6.04. The van der Waals surface area contributed by atoms with E-state index in [1.807, 2.05) is 10.8 Å². The minimum atomic E-state index is -0.268. The van der Waals surface area contributed by atoms with E-state index in [1.165, 1.54) is 12.0 Å². The Hall–Kier alpha value is -1.16. The Balaban J connectivity index is 2.08. The largest absolute Gasteiger partial charge is 0.389 e. The van der Waals surface area contributed by atoms with Crippen LogP contribution in [0.2, 0.25) is 0 Å². The molecule has 0 aromatic carbocycles. The highest BCUT2D eigenvalue weighted by Crippen LogP contribution is 2.20. The molecule has 0 saturated carbocycles. The van der Waals surface area contributed by atoms with Gasteiger partial charge in [-0.3, -0.25) is 4.68 Å². The zero-order chi connectivity index (χ0) is 11.4. The van der Waals surface area contributed by atoms with Crippen LogP contribution in [0.1, 0.15) is 38.4 Å². The van der Waals surface area contributed by atoms with E-state index in [0.29, 0.717) is 0 Å². The number of allylic oxidation sites excluding steroid dienone is 1. The van der Waals surface area contributed by atoms with Crippen LogP contribution in [0.15, 0.2) is 18.0 Å². The molecule has 4 nitrogen and oxygen atoms in total. The molecule has 88 valence electrons. The first-order chi connectivity index (χ1) is 7.79. The van der Waals surface area contributed by atoms with Crippen LogP contribution >= 0.6 is 0 Å². The van der Waals surface area contributed by atoms with Gasteiger partial charge in [-0.15, -0.1) is 0 Å². The molecule has 1 aromatic rings. The molecule has 1 unspecified atom stereocenters. The molecule has 1 aromatic heterocycles. The zero-order valence-corrected chi connectivity index (χ0v) is 9.76. The summed E-state index contributed by atoms with van der Waals surface area (Å²) in [5, 5.41) is 13.9. The van der Waals surface area contributed by atoms with Gasteiger partial charge in [0.15, 0.2) is 0 Å². The van der Waals surface area contributed by atoms with Crippen molar-refractivity contribution in [2.75, 3.05) is 0 Å². The van der Waals surface area contributed by atoms with Crippen LogP contribution in [0.5, 0.6) is 0 Å². The molecule has 0 fully saturated rings. The lowest BCUT2D eigenvalue weighted by Crippen LogP contribution is -2.06. The molecule has 1 aliphatic carbocycles. The summed E-state index contributed by atoms with van der Waals surface area (Å²) in [7, 11) is 0. The third-order valence-corrected chi connectivity index (χ3v) is 3.06. The highest BCUT2D eigenvalue weighted by Gasteiger charge is 2.12. The Labute approximate surface area is 96.0 Å². The number of hydrogen-bond acceptors (Lipinski definition) is 3. The molecule has 0 spiro atoms. The van der Waals surface area contributed by atoms with E-state index in [-0.39, 0.29) is 6.10 Å². The first-order valence-corrected chi connectivity index (χ1v) is 6.04. The van der Waals surface area contributed by atoms with Gasteiger partial charge in [0.05, 0.1) is 6.10 Å². The summed E-state index contributed by atoms with van der Waals surface area (Å²) in [5.41, 5.74) is 1.30. The highest BCUT2D eigenvalue weighted by molar-refractivity contribution is 5.12. The molecule has 1 aliphatic rings. The van der Waals surface area contributed by atoms with Gasteiger partial charge in [-0.05, 0) is 26.2 Å². The monoisotopic (exact) mass is 221 g/mol. The lowest BCUT2D eigenvalue weighted by molar-refractivity contribution is 0.211. The third kappa shape index (κ3) is 2.70. The summed E-state index contributed by atoms with van der Waals surface area (Å²) in [6.45, 7) is 2.92. The summed E-state index contributed by atoms with van der Waals surface area (Å²) in [5.74, 6) is 1.00. The van der Waals surface area contributed by atoms with Gasteiger partial charge in [-0.25, -0.2) is 4.98 Å². The standard InChI is InChI=1S/C12H19N3O/c1-2-15-12(13-9-14-15)8-10-5-3-4-6-11(16)7-10/h7,9,11,16H,2-6,8H2,1H3. The van der Waals surface area contributed by atoms with E-state index in [2.05, 4.69) is 17.0 Å². The van der Waals surface area contributed by atoms with Crippen LogP contribution in [0, 0.1) is 0 Å². The molecule has 0 amide bonds. The number of aryl methyl sites for hydroxylation is 1. The van der Waals surface area contributed by atoms with Gasteiger partial charge in [0.25, 0.3) is 0 Å². The second kappa shape index (κ2) is 5.25. The number of nitrogens with zero attached hydrogens (tertiary/aromatic N) is 3. The minimum absolute atomic E-state index is 0.268. The molecule has 0 aliphatic heterocycles. The summed E-state index contributed by atoms with van der Waals surface area (Å²) < 4.78 is 1.91. The number of rotatable bonds is 3. The van der Waals surface area contributed by atoms with E-state index in [4.69, 9.17) is 0 Å². The van der Waals surface area contributed by atoms with Gasteiger partial charge in [-0.2, -0.15) is 5.10 Å². The topological polar surface area (TPSA) is 50.9 Å². The van der Waals surface area contributed by atoms with Crippen molar-refractivity contribution < 1.29 is 5.11 Å². The Morgan fingerprint density at radius 3 is 3.19 bits per heavy atom. The molecule has 1 N–H and O–H groups in total. The maximum Gasteiger partial charge on any atom is 0.138 e. The fourth-order valence-corrected chi connectivity index (χ4v) is 2.18. The number of aliphatic hydroxyl groups excluding tert-OH is 1. The molecule has 1 atom stereocenters. The maximum atomic E-state index is 9.70. The van der Waals surface area contributed by atoms with E-state index in [0.717, 1.165) is 38.1 Å². The van der Waals surface area contributed by atoms with Crippen LogP contribution < -0.4 is 0 Å². The van der Waals surface area contributed by atoms with Crippen molar-refractivity contribution in [3.05, 3.63) is 23.8 Å². The summed E-state index contributed by atoms with van der Waals surface area (Å²) in [6.07, 6.45) is 8.41. The molecule has 1 heterocycles. The fraction of sp³-hybridized carbons (Fsp3) is 0.667. The van der Waals surface area contributed by atoms with Crippen molar-refractivity contribution in [2.24, 2.45) is 0 Å². The quantitative estimate of drug-likeness (QED) is 0.790. The van der Waals surface area contributed by atoms with Crippen molar-refractivity contribution in [3.63, 3.8) is 0 Å². The van der Waals surface area contributed by atoms with Gasteiger partial charge in [-0.1, -0.05) is 18.1 Å². The van der Waals surface area contributed by atoms with E-state index in [9.17, 15) is 5.11 Å². The van der Waals surface area contributed by atoms with Crippen LogP contribution in [0.25, 0.3) is 0 Å². The van der Waals surface area contributed by atoms with Crippen molar-refractivity contribution in [3.8, 4) is 0 Å². The van der Waals surface area contributed by atoms with Gasteiger partial charge < -0.3 is 5.11 Å². The van der Waals surface area contributed by atoms with Crippen molar-refractivity contribution in [2.45, 2.75) is 51.7 Å². The minimum Gasteiger partial charge on any atom is -0.389 e. The van der Waals surface area contributed by atoms with Gasteiger partial charge in [0.1, 0.15) is 12.2 Å². The fourth-order valence-electron chi connectivity index (χ4n) is 2.18. The van der Waals surface area contributed by atoms with Crippen LogP contribution in [0.4, 0.5) is 0 Å². The zero-order valence-electron chi connectivity index (χ0n) is 9.76. The average Bonchev–Trinajstić information content (AvgIpc) is 2.61. The number of aliphatic hydroxyl groups is 1. The molecule has 0 radical (unpaired) electrons. The summed E-state index contributed by atoms with van der Waals surface area (Å²) in [6, 6.07) is 0. The molecular weight excluding hydrogens is 202 g/mol. The second-order valence-corrected chi connectivity index (χ2v) is 4.31. The highest BCUT2D eigenvalue weighted by atomic mass is 16.3. The van der Waals surface area contributed by atoms with Crippen molar-refractivity contribution in [1.82, 2.24) is 14.8 Å². The molecule has 4 heteroatoms. The van der Waals surface area contributed by atoms with Crippen LogP contribution in [-0.4, -0.2) is 26.0 Å². The van der Waals surface area contributed by atoms with E-state index >= 15 is 0 Å². The van der Waals surface area contributed by atoms with Crippen LogP contribution in [0.3, 0.4) is 0 Å². The van der Waals surface area contributed by atoms with Gasteiger partial charge in [0.2, 0.25) is 0 Å². The van der Waals surface area contributed by atoms with Gasteiger partial charge in [0, 0.05) is 13.0 Å². The number of aromatic nitrogens is 3. The van der Waals surface area contributed by atoms with Crippen molar-refractivity contribution >= 4 is 0 Å². The molecular formula is C12H19N3O. The van der Waals surface area contributed by atoms with E-state index < -0.39 is 0 Å². The lowest BCUT2D eigenvalue weighted by Gasteiger charge is -2.06. The van der Waals surface area contributed by atoms with Crippen LogP contribution in [-0.2, 0) is 13.0 Å². The second-order valence-electron chi connectivity index (χ2n) is 4.31. The normalized spacial score (nSPS) is 21.6. The Morgan fingerprint density at radius 1 is 1.50 bits per heavy atom. The molecule has 16 heavy (non-hydrogen) atoms. The van der Waals surface area contributed by atoms with Crippen molar-refractivity contribution in [1.29, 1.82) is 0 Å². The molecule has 0 saturated heterocycles. The molecule has 2 rings (SSSR count). The Kier molecular flexibility index (Phi) is 3.72. The first kappa shape index (κ1) is 11.3. The number of hydrogen-bond donors (Lipinski definition) is 1. The smallest absolute Gasteiger partial charge is 0.138 e. The predicted octanol–water partition coefficient (Wildman–Crippen LogP) is 1.70. The molecule has 0 bridgehead atoms. The Morgan fingerprint density at radius 2 is 2.38 bits per heavy atom. The predicted molar refractivity (Wildman–Crippen MR) is 62.0 cm³/mol. The summed E-state index contributed by atoms with van der Waals surface area (Å²) >= 11 is 0. The Bertz CT molecular complexity index is 370. The maximum absolute atomic E-state index is 9.70. The average molecular weight is 221 g/mol. The van der Waals surface area contributed by atoms with E-state index in [1.54, 1.807) is 6.33 Å².